The molecule has 14 aromatic carbocycles. The Morgan fingerprint density at radius 1 is 0.117 bits per heavy atom. The minimum atomic E-state index is 0. The molecular formula is C118H186Y2-4. The van der Waals surface area contributed by atoms with Gasteiger partial charge in [-0.1, -0.05) is 583 Å². The fraction of sp³-hybridized carbons (Fsp3) is 0.305. The predicted octanol–water partition coefficient (Wildman–Crippen LogP) is 40.9. The van der Waals surface area contributed by atoms with E-state index in [9.17, 15) is 0 Å². The first-order valence-electron chi connectivity index (χ1n) is 43.5. The first-order chi connectivity index (χ1) is 57.4. The zero-order valence-electron chi connectivity index (χ0n) is 81.0. The van der Waals surface area contributed by atoms with Gasteiger partial charge < -0.3 is 0 Å². The van der Waals surface area contributed by atoms with E-state index in [1.807, 2.05) is 616 Å². The van der Waals surface area contributed by atoms with Crippen LogP contribution in [0.15, 0.2) is 455 Å². The molecule has 0 spiro atoms. The molecule has 2 heteroatoms. The number of hydrogen-bond donors (Lipinski definition) is 0. The topological polar surface area (TPSA) is 0 Å². The van der Waals surface area contributed by atoms with Gasteiger partial charge in [-0.05, 0) is 17.7 Å². The molecule has 0 aromatic heterocycles. The number of fused-ring (bicyclic) bond motifs is 1. The monoisotopic (exact) mass is 1780 g/mol. The summed E-state index contributed by atoms with van der Waals surface area (Å²) in [7, 11) is 0. The van der Waals surface area contributed by atoms with Gasteiger partial charge in [0.2, 0.25) is 0 Å². The molecule has 0 aliphatic heterocycles. The Morgan fingerprint density at radius 3 is 0.250 bits per heavy atom. The molecule has 0 unspecified atom stereocenters. The van der Waals surface area contributed by atoms with Gasteiger partial charge in [0.1, 0.15) is 0 Å². The maximum atomic E-state index is 2.89. The van der Waals surface area contributed by atoms with E-state index in [4.69, 9.17) is 0 Å². The molecule has 0 N–H and O–H groups in total. The van der Waals surface area contributed by atoms with Crippen molar-refractivity contribution in [1.82, 2.24) is 0 Å². The summed E-state index contributed by atoms with van der Waals surface area (Å²) in [6.07, 6.45) is 0. The number of aryl methyl sites for hydroxylation is 1. The average molecular weight is 1780 g/mol. The van der Waals surface area contributed by atoms with Gasteiger partial charge in [-0.15, -0.1) is 0 Å². The third-order valence-electron chi connectivity index (χ3n) is 9.69. The van der Waals surface area contributed by atoms with E-state index in [1.54, 1.807) is 0 Å². The fourth-order valence-corrected chi connectivity index (χ4v) is 5.73. The van der Waals surface area contributed by atoms with E-state index in [2.05, 4.69) is 91.9 Å². The third kappa shape index (κ3) is 185. The summed E-state index contributed by atoms with van der Waals surface area (Å²) in [6.45, 7) is 66.1. The van der Waals surface area contributed by atoms with Crippen molar-refractivity contribution >= 4 is 10.8 Å². The molecule has 14 rings (SSSR count). The fourth-order valence-electron chi connectivity index (χ4n) is 5.73. The Kier molecular flexibility index (Phi) is 284. The van der Waals surface area contributed by atoms with Gasteiger partial charge >= 0.3 is 0 Å². The molecule has 0 heterocycles. The zero-order chi connectivity index (χ0) is 90.6. The van der Waals surface area contributed by atoms with Crippen LogP contribution in [0, 0.1) is 31.2 Å². The van der Waals surface area contributed by atoms with Crippen molar-refractivity contribution in [3.05, 3.63) is 485 Å². The van der Waals surface area contributed by atoms with Crippen LogP contribution in [0.4, 0.5) is 0 Å². The van der Waals surface area contributed by atoms with Crippen molar-refractivity contribution in [2.45, 2.75) is 251 Å². The maximum Gasteiger partial charge on any atom is 0 e. The van der Waals surface area contributed by atoms with Crippen LogP contribution in [0.3, 0.4) is 0 Å². The molecule has 0 bridgehead atoms. The van der Waals surface area contributed by atoms with Crippen LogP contribution >= 0.6 is 0 Å². The summed E-state index contributed by atoms with van der Waals surface area (Å²) in [6, 6.07) is 161. The average Bonchev–Trinajstić information content (AvgIpc) is 0.873. The van der Waals surface area contributed by atoms with Crippen LogP contribution in [-0.4, -0.2) is 0 Å². The molecule has 0 saturated carbocycles. The van der Waals surface area contributed by atoms with Gasteiger partial charge in [0.25, 0.3) is 0 Å². The molecule has 0 aliphatic rings. The van der Waals surface area contributed by atoms with Gasteiger partial charge in [0.15, 0.2) is 0 Å². The summed E-state index contributed by atoms with van der Waals surface area (Å²) in [4.78, 5) is 0. The van der Waals surface area contributed by atoms with Crippen molar-refractivity contribution in [2.75, 3.05) is 0 Å². The van der Waals surface area contributed by atoms with Crippen molar-refractivity contribution in [3.63, 3.8) is 0 Å². The molecule has 668 valence electrons. The second-order valence-electron chi connectivity index (χ2n) is 16.4. The summed E-state index contributed by atoms with van der Waals surface area (Å²) in [5.41, 5.74) is 1.32. The van der Waals surface area contributed by atoms with Crippen molar-refractivity contribution < 1.29 is 65.4 Å². The van der Waals surface area contributed by atoms with E-state index in [-0.39, 0.29) is 87.7 Å². The van der Waals surface area contributed by atoms with Gasteiger partial charge in [-0.3, -0.25) is 0 Å². The summed E-state index contributed by atoms with van der Waals surface area (Å²) in [5.74, 6) is 0. The van der Waals surface area contributed by atoms with E-state index in [0.717, 1.165) is 0 Å². The van der Waals surface area contributed by atoms with Crippen LogP contribution in [0.25, 0.3) is 10.8 Å². The summed E-state index contributed by atoms with van der Waals surface area (Å²) in [5, 5.41) is 2.62. The van der Waals surface area contributed by atoms with Crippen LogP contribution in [-0.2, 0) is 65.4 Å². The van der Waals surface area contributed by atoms with Crippen LogP contribution in [0.5, 0.6) is 0 Å². The Bertz CT molecular complexity index is 2270. The molecule has 120 heavy (non-hydrogen) atoms. The SMILES string of the molecule is C.C.C.CC.CC.CC.CC.CC.CC.CC.CC.CC.CC.CC.CC.CC.CC.CC.CC.Cc1ccccc1.[Y].[Y].[c-]1ccccc1.[c-]1ccccc1.[c-]1ccccc1.[c-]1ccccc1.c1ccc2ccccc2c1.c1ccccc1.c1ccccc1.c1ccccc1.c1ccccc1.c1ccccc1.c1ccccc1.c1ccccc1. The molecular weight excluding hydrogens is 1600 g/mol. The van der Waals surface area contributed by atoms with Gasteiger partial charge in [0.05, 0.1) is 0 Å². The second-order valence-corrected chi connectivity index (χ2v) is 16.4. The summed E-state index contributed by atoms with van der Waals surface area (Å²) >= 11 is 0. The van der Waals surface area contributed by atoms with E-state index < -0.39 is 0 Å². The predicted molar refractivity (Wildman–Crippen MR) is 563 cm³/mol. The molecule has 2 radical (unpaired) electrons. The van der Waals surface area contributed by atoms with Crippen molar-refractivity contribution in [3.8, 4) is 0 Å². The van der Waals surface area contributed by atoms with Gasteiger partial charge in [-0.25, -0.2) is 0 Å². The molecule has 0 amide bonds. The van der Waals surface area contributed by atoms with Crippen LogP contribution in [0.2, 0.25) is 0 Å². The normalized spacial score (nSPS) is 6.54. The molecule has 0 atom stereocenters. The van der Waals surface area contributed by atoms with E-state index >= 15 is 0 Å². The first kappa shape index (κ1) is 163. The molecule has 14 aromatic rings. The van der Waals surface area contributed by atoms with Gasteiger partial charge in [-0.2, -0.15) is 146 Å². The molecule has 0 fully saturated rings. The van der Waals surface area contributed by atoms with E-state index in [0.29, 0.717) is 0 Å². The Morgan fingerprint density at radius 2 is 0.192 bits per heavy atom. The quantitative estimate of drug-likeness (QED) is 0.133. The number of benzene rings is 14. The van der Waals surface area contributed by atoms with Crippen molar-refractivity contribution in [1.29, 1.82) is 0 Å². The molecule has 0 nitrogen and oxygen atoms in total. The standard InChI is InChI=1S/C10H8.C7H8.7C6H6.4C6H5.16C2H6.3CH4.2Y/c1-2-6-10-8-4-3-7-9(10)5-1;1-7-5-3-2-4-6-7;11*1-2-4-6-5-3-1;16*1-2;;;;;/h1-8H;2-6H,1H3;7*1-6H;4*1-5H;16*1-2H3;3*1H4;;/q;;;;;;;;;4*-1;;;;;;;;;;;;;;;;;;;;;. The molecule has 0 saturated heterocycles. The van der Waals surface area contributed by atoms with Gasteiger partial charge in [0, 0.05) is 65.4 Å². The Hall–Kier alpha value is -8.45. The second kappa shape index (κ2) is 210. The number of hydrogen-bond acceptors (Lipinski definition) is 0. The first-order valence-corrected chi connectivity index (χ1v) is 43.5. The Balaban J connectivity index is -0.0000000487. The number of rotatable bonds is 0. The maximum absolute atomic E-state index is 2.89. The largest absolute Gasteiger partial charge is 0.184 e. The third-order valence-corrected chi connectivity index (χ3v) is 9.69. The minimum absolute atomic E-state index is 0. The van der Waals surface area contributed by atoms with E-state index in [1.165, 1.54) is 16.3 Å². The van der Waals surface area contributed by atoms with Crippen LogP contribution < -0.4 is 0 Å². The zero-order valence-corrected chi connectivity index (χ0v) is 86.6. The Labute approximate surface area is 804 Å². The molecule has 0 aliphatic carbocycles. The smallest absolute Gasteiger partial charge is 0 e. The summed E-state index contributed by atoms with van der Waals surface area (Å²) < 4.78 is 0. The van der Waals surface area contributed by atoms with Crippen molar-refractivity contribution in [2.24, 2.45) is 0 Å². The van der Waals surface area contributed by atoms with Crippen LogP contribution in [0.1, 0.15) is 249 Å². The minimum Gasteiger partial charge on any atom is -0.184 e.